The van der Waals surface area contributed by atoms with Gasteiger partial charge in [0.05, 0.1) is 10.9 Å². The Morgan fingerprint density at radius 3 is 2.67 bits per heavy atom. The largest absolute Gasteiger partial charge is 0.451 e. The summed E-state index contributed by atoms with van der Waals surface area (Å²) in [5, 5.41) is 4.48. The quantitative estimate of drug-likeness (QED) is 0.496. The lowest BCUT2D eigenvalue weighted by molar-refractivity contribution is 0.0320. The van der Waals surface area contributed by atoms with E-state index in [1.165, 1.54) is 11.3 Å². The number of aromatic nitrogens is 2. The molecular weight excluding hydrogens is 380 g/mol. The first kappa shape index (κ1) is 17.6. The van der Waals surface area contributed by atoms with Gasteiger partial charge in [-0.1, -0.05) is 23.8 Å². The number of benzene rings is 1. The van der Waals surface area contributed by atoms with E-state index in [0.717, 1.165) is 16.0 Å². The molecule has 0 saturated heterocycles. The first-order valence-electron chi connectivity index (χ1n) is 8.36. The van der Waals surface area contributed by atoms with Crippen LogP contribution in [0.1, 0.15) is 34.8 Å². The van der Waals surface area contributed by atoms with Gasteiger partial charge < -0.3 is 9.72 Å². The van der Waals surface area contributed by atoms with Gasteiger partial charge in [-0.2, -0.15) is 0 Å². The lowest BCUT2D eigenvalue weighted by Gasteiger charge is -2.12. The second-order valence-corrected chi connectivity index (χ2v) is 7.98. The third kappa shape index (κ3) is 3.43. The van der Waals surface area contributed by atoms with Gasteiger partial charge in [0, 0.05) is 15.8 Å². The molecule has 4 rings (SSSR count). The molecule has 0 saturated carbocycles. The van der Waals surface area contributed by atoms with Crippen LogP contribution >= 0.6 is 22.7 Å². The fourth-order valence-corrected chi connectivity index (χ4v) is 4.51. The SMILES string of the molecule is Cc1ccc(C(=O)O[C@H](C)c2nc3scc(-c4cccs4)c3c(=O)[nH]2)cc1. The molecule has 1 aromatic carbocycles. The molecule has 136 valence electrons. The number of rotatable bonds is 4. The van der Waals surface area contributed by atoms with Crippen LogP contribution in [-0.2, 0) is 4.74 Å². The van der Waals surface area contributed by atoms with Crippen LogP contribution in [0.4, 0.5) is 0 Å². The van der Waals surface area contributed by atoms with Gasteiger partial charge in [-0.15, -0.1) is 22.7 Å². The number of fused-ring (bicyclic) bond motifs is 1. The highest BCUT2D eigenvalue weighted by Gasteiger charge is 2.19. The monoisotopic (exact) mass is 396 g/mol. The molecule has 5 nitrogen and oxygen atoms in total. The first-order valence-corrected chi connectivity index (χ1v) is 10.1. The summed E-state index contributed by atoms with van der Waals surface area (Å²) in [5.41, 5.74) is 2.19. The van der Waals surface area contributed by atoms with E-state index in [-0.39, 0.29) is 5.56 Å². The van der Waals surface area contributed by atoms with Gasteiger partial charge in [0.1, 0.15) is 4.83 Å². The van der Waals surface area contributed by atoms with E-state index >= 15 is 0 Å². The Hall–Kier alpha value is -2.77. The Morgan fingerprint density at radius 2 is 1.96 bits per heavy atom. The molecule has 0 fully saturated rings. The van der Waals surface area contributed by atoms with Crippen molar-refractivity contribution >= 4 is 38.9 Å². The highest BCUT2D eigenvalue weighted by molar-refractivity contribution is 7.18. The number of hydrogen-bond donors (Lipinski definition) is 1. The normalized spacial score (nSPS) is 12.2. The van der Waals surface area contributed by atoms with Gasteiger partial charge in [-0.05, 0) is 37.4 Å². The number of ether oxygens (including phenoxy) is 1. The Bertz CT molecular complexity index is 1160. The molecule has 3 aromatic heterocycles. The van der Waals surface area contributed by atoms with E-state index in [4.69, 9.17) is 4.74 Å². The van der Waals surface area contributed by atoms with Crippen molar-refractivity contribution < 1.29 is 9.53 Å². The van der Waals surface area contributed by atoms with Gasteiger partial charge in [0.15, 0.2) is 11.9 Å². The summed E-state index contributed by atoms with van der Waals surface area (Å²) < 4.78 is 5.48. The highest BCUT2D eigenvalue weighted by atomic mass is 32.1. The second-order valence-electron chi connectivity index (χ2n) is 6.17. The van der Waals surface area contributed by atoms with Crippen LogP contribution < -0.4 is 5.56 Å². The highest BCUT2D eigenvalue weighted by Crippen LogP contribution is 2.33. The molecule has 0 amide bonds. The molecule has 0 unspecified atom stereocenters. The van der Waals surface area contributed by atoms with Crippen LogP contribution in [0.2, 0.25) is 0 Å². The maximum atomic E-state index is 12.6. The summed E-state index contributed by atoms with van der Waals surface area (Å²) in [6.07, 6.45) is -0.664. The van der Waals surface area contributed by atoms with E-state index in [9.17, 15) is 9.59 Å². The molecule has 27 heavy (non-hydrogen) atoms. The van der Waals surface area contributed by atoms with E-state index in [2.05, 4.69) is 9.97 Å². The third-order valence-electron chi connectivity index (χ3n) is 4.21. The van der Waals surface area contributed by atoms with Crippen molar-refractivity contribution in [2.24, 2.45) is 0 Å². The molecule has 0 spiro atoms. The smallest absolute Gasteiger partial charge is 0.338 e. The Labute approximate surface area is 163 Å². The minimum absolute atomic E-state index is 0.224. The summed E-state index contributed by atoms with van der Waals surface area (Å²) >= 11 is 2.99. The lowest BCUT2D eigenvalue weighted by Crippen LogP contribution is -2.17. The summed E-state index contributed by atoms with van der Waals surface area (Å²) in [6, 6.07) is 11.1. The van der Waals surface area contributed by atoms with Crippen molar-refractivity contribution in [2.75, 3.05) is 0 Å². The van der Waals surface area contributed by atoms with Gasteiger partial charge in [0.25, 0.3) is 5.56 Å². The molecule has 0 radical (unpaired) electrons. The van der Waals surface area contributed by atoms with Gasteiger partial charge in [-0.25, -0.2) is 9.78 Å². The number of nitrogens with one attached hydrogen (secondary N) is 1. The Morgan fingerprint density at radius 1 is 1.19 bits per heavy atom. The van der Waals surface area contributed by atoms with Crippen LogP contribution in [-0.4, -0.2) is 15.9 Å². The molecular formula is C20H16N2O3S2. The van der Waals surface area contributed by atoms with Crippen molar-refractivity contribution in [1.82, 2.24) is 9.97 Å². The average Bonchev–Trinajstić information content (AvgIpc) is 3.31. The lowest BCUT2D eigenvalue weighted by atomic mass is 10.1. The van der Waals surface area contributed by atoms with Crippen molar-refractivity contribution in [3.05, 3.63) is 74.5 Å². The van der Waals surface area contributed by atoms with Crippen molar-refractivity contribution in [3.8, 4) is 10.4 Å². The van der Waals surface area contributed by atoms with Gasteiger partial charge in [0.2, 0.25) is 0 Å². The van der Waals surface area contributed by atoms with E-state index < -0.39 is 12.1 Å². The maximum Gasteiger partial charge on any atom is 0.338 e. The molecule has 1 N–H and O–H groups in total. The number of hydrogen-bond acceptors (Lipinski definition) is 6. The zero-order valence-electron chi connectivity index (χ0n) is 14.7. The molecule has 0 aliphatic carbocycles. The Kier molecular flexibility index (Phi) is 4.63. The number of H-pyrrole nitrogens is 1. The number of nitrogens with zero attached hydrogens (tertiary/aromatic N) is 1. The molecule has 0 aliphatic heterocycles. The summed E-state index contributed by atoms with van der Waals surface area (Å²) in [6.45, 7) is 3.65. The minimum Gasteiger partial charge on any atom is -0.451 e. The molecule has 4 aromatic rings. The van der Waals surface area contributed by atoms with E-state index in [0.29, 0.717) is 21.6 Å². The first-order chi connectivity index (χ1) is 13.0. The zero-order valence-corrected chi connectivity index (χ0v) is 16.3. The Balaban J connectivity index is 1.63. The van der Waals surface area contributed by atoms with Crippen molar-refractivity contribution in [2.45, 2.75) is 20.0 Å². The standard InChI is InChI=1S/C20H16N2O3S2/c1-11-5-7-13(8-6-11)20(24)25-12(2)17-21-18(23)16-14(10-27-19(16)22-17)15-4-3-9-26-15/h3-10,12H,1-2H3,(H,21,22,23)/t12-/m1/s1. The molecule has 1 atom stereocenters. The number of carbonyl (C=O) groups is 1. The maximum absolute atomic E-state index is 12.6. The van der Waals surface area contributed by atoms with Crippen LogP contribution in [0.5, 0.6) is 0 Å². The summed E-state index contributed by atoms with van der Waals surface area (Å²) in [5.74, 6) is -0.108. The predicted octanol–water partition coefficient (Wildman–Crippen LogP) is 4.94. The zero-order chi connectivity index (χ0) is 19.0. The summed E-state index contributed by atoms with van der Waals surface area (Å²) in [4.78, 5) is 33.9. The fraction of sp³-hybridized carbons (Fsp3) is 0.150. The average molecular weight is 396 g/mol. The van der Waals surface area contributed by atoms with Gasteiger partial charge in [-0.3, -0.25) is 4.79 Å². The van der Waals surface area contributed by atoms with Crippen molar-refractivity contribution in [1.29, 1.82) is 0 Å². The number of esters is 1. The molecule has 0 aliphatic rings. The van der Waals surface area contributed by atoms with Gasteiger partial charge >= 0.3 is 5.97 Å². The second kappa shape index (κ2) is 7.09. The molecule has 7 heteroatoms. The minimum atomic E-state index is -0.664. The molecule has 0 bridgehead atoms. The number of aryl methyl sites for hydroxylation is 1. The van der Waals surface area contributed by atoms with Crippen LogP contribution in [0, 0.1) is 6.92 Å². The predicted molar refractivity (Wildman–Crippen MR) is 109 cm³/mol. The van der Waals surface area contributed by atoms with E-state index in [1.807, 2.05) is 41.9 Å². The van der Waals surface area contributed by atoms with Crippen molar-refractivity contribution in [3.63, 3.8) is 0 Å². The van der Waals surface area contributed by atoms with Crippen LogP contribution in [0.25, 0.3) is 20.7 Å². The fourth-order valence-electron chi connectivity index (χ4n) is 2.75. The number of aromatic amines is 1. The van der Waals surface area contributed by atoms with Crippen LogP contribution in [0.15, 0.2) is 52.0 Å². The topological polar surface area (TPSA) is 72.0 Å². The van der Waals surface area contributed by atoms with Crippen LogP contribution in [0.3, 0.4) is 0 Å². The number of thiophene rings is 2. The summed E-state index contributed by atoms with van der Waals surface area (Å²) in [7, 11) is 0. The number of carbonyl (C=O) groups excluding carboxylic acids is 1. The van der Waals surface area contributed by atoms with E-state index in [1.54, 1.807) is 30.4 Å². The third-order valence-corrected chi connectivity index (χ3v) is 5.98. The molecule has 3 heterocycles.